The minimum Gasteiger partial charge on any atom is -0.315 e. The van der Waals surface area contributed by atoms with Crippen molar-refractivity contribution in [2.24, 2.45) is 0 Å². The third-order valence-electron chi connectivity index (χ3n) is 2.90. The predicted molar refractivity (Wildman–Crippen MR) is 79.0 cm³/mol. The van der Waals surface area contributed by atoms with E-state index in [0.29, 0.717) is 0 Å². The summed E-state index contributed by atoms with van der Waals surface area (Å²) in [5, 5.41) is 4.25. The zero-order valence-electron chi connectivity index (χ0n) is 11.4. The maximum Gasteiger partial charge on any atom is 0.123 e. The van der Waals surface area contributed by atoms with E-state index in [1.165, 1.54) is 16.0 Å². The fourth-order valence-electron chi connectivity index (χ4n) is 1.81. The molecule has 0 aliphatic rings. The summed E-state index contributed by atoms with van der Waals surface area (Å²) in [7, 11) is 1.96. The molecule has 3 heteroatoms. The van der Waals surface area contributed by atoms with Gasteiger partial charge in [-0.05, 0) is 18.0 Å². The number of rotatable bonds is 3. The lowest BCUT2D eigenvalue weighted by molar-refractivity contribution is 0.590. The Labute approximate surface area is 113 Å². The Morgan fingerprint density at radius 3 is 2.39 bits per heavy atom. The monoisotopic (exact) mass is 260 g/mol. The number of nitrogens with zero attached hydrogens (tertiary/aromatic N) is 1. The van der Waals surface area contributed by atoms with Crippen molar-refractivity contribution in [3.63, 3.8) is 0 Å². The van der Waals surface area contributed by atoms with Gasteiger partial charge < -0.3 is 5.32 Å². The summed E-state index contributed by atoms with van der Waals surface area (Å²) in [6, 6.07) is 8.74. The van der Waals surface area contributed by atoms with Crippen LogP contribution >= 0.6 is 11.3 Å². The van der Waals surface area contributed by atoms with Crippen molar-refractivity contribution in [1.82, 2.24) is 10.3 Å². The first kappa shape index (κ1) is 13.2. The van der Waals surface area contributed by atoms with E-state index in [4.69, 9.17) is 0 Å². The van der Waals surface area contributed by atoms with Crippen LogP contribution in [-0.2, 0) is 12.0 Å². The summed E-state index contributed by atoms with van der Waals surface area (Å²) in [6.45, 7) is 7.58. The van der Waals surface area contributed by atoms with Crippen LogP contribution in [0, 0.1) is 0 Å². The van der Waals surface area contributed by atoms with Crippen LogP contribution in [0.3, 0.4) is 0 Å². The Morgan fingerprint density at radius 1 is 1.17 bits per heavy atom. The molecule has 0 unspecified atom stereocenters. The molecule has 0 bridgehead atoms. The van der Waals surface area contributed by atoms with Crippen molar-refractivity contribution in [2.75, 3.05) is 7.05 Å². The van der Waals surface area contributed by atoms with Crippen LogP contribution < -0.4 is 5.32 Å². The molecule has 96 valence electrons. The predicted octanol–water partition coefficient (Wildman–Crippen LogP) is 3.83. The summed E-state index contributed by atoms with van der Waals surface area (Å²) in [6.07, 6.45) is 1.95. The molecule has 0 saturated heterocycles. The van der Waals surface area contributed by atoms with Crippen LogP contribution in [0.4, 0.5) is 0 Å². The fourth-order valence-corrected chi connectivity index (χ4v) is 2.74. The van der Waals surface area contributed by atoms with Crippen LogP contribution in [0.15, 0.2) is 30.5 Å². The molecule has 1 N–H and O–H groups in total. The standard InChI is InChI=1S/C15H20N2S/c1-15(2,3)12-7-5-11(6-8-12)14-17-10-13(18-14)9-16-4/h5-8,10,16H,9H2,1-4H3. The van der Waals surface area contributed by atoms with Gasteiger partial charge in [-0.15, -0.1) is 11.3 Å². The first-order chi connectivity index (χ1) is 8.50. The second-order valence-corrected chi connectivity index (χ2v) is 6.60. The van der Waals surface area contributed by atoms with Gasteiger partial charge in [-0.1, -0.05) is 45.0 Å². The van der Waals surface area contributed by atoms with E-state index >= 15 is 0 Å². The third-order valence-corrected chi connectivity index (χ3v) is 3.95. The number of aromatic nitrogens is 1. The van der Waals surface area contributed by atoms with Gasteiger partial charge in [0.1, 0.15) is 5.01 Å². The second-order valence-electron chi connectivity index (χ2n) is 5.49. The minimum atomic E-state index is 0.207. The van der Waals surface area contributed by atoms with Crippen molar-refractivity contribution in [3.05, 3.63) is 40.9 Å². The molecule has 1 heterocycles. The molecule has 0 amide bonds. The Bertz CT molecular complexity index is 506. The topological polar surface area (TPSA) is 24.9 Å². The molecule has 0 aliphatic carbocycles. The Kier molecular flexibility index (Phi) is 3.83. The fraction of sp³-hybridized carbons (Fsp3) is 0.400. The molecule has 2 nitrogen and oxygen atoms in total. The van der Waals surface area contributed by atoms with E-state index in [1.807, 2.05) is 13.2 Å². The molecular weight excluding hydrogens is 240 g/mol. The number of nitrogens with one attached hydrogen (secondary N) is 1. The average Bonchev–Trinajstić information content (AvgIpc) is 2.77. The molecule has 1 aromatic heterocycles. The van der Waals surface area contributed by atoms with Gasteiger partial charge in [-0.2, -0.15) is 0 Å². The molecular formula is C15H20N2S. The zero-order chi connectivity index (χ0) is 13.2. The molecule has 0 saturated carbocycles. The lowest BCUT2D eigenvalue weighted by Crippen LogP contribution is -2.10. The Morgan fingerprint density at radius 2 is 1.83 bits per heavy atom. The number of benzene rings is 1. The van der Waals surface area contributed by atoms with Crippen molar-refractivity contribution < 1.29 is 0 Å². The van der Waals surface area contributed by atoms with E-state index < -0.39 is 0 Å². The minimum absolute atomic E-state index is 0.207. The first-order valence-electron chi connectivity index (χ1n) is 6.21. The van der Waals surface area contributed by atoms with Crippen molar-refractivity contribution in [1.29, 1.82) is 0 Å². The van der Waals surface area contributed by atoms with E-state index in [9.17, 15) is 0 Å². The van der Waals surface area contributed by atoms with E-state index in [-0.39, 0.29) is 5.41 Å². The van der Waals surface area contributed by atoms with Gasteiger partial charge in [0, 0.05) is 23.2 Å². The first-order valence-corrected chi connectivity index (χ1v) is 7.02. The lowest BCUT2D eigenvalue weighted by atomic mass is 9.87. The highest BCUT2D eigenvalue weighted by Crippen LogP contribution is 2.28. The van der Waals surface area contributed by atoms with Gasteiger partial charge in [-0.3, -0.25) is 0 Å². The van der Waals surface area contributed by atoms with Crippen molar-refractivity contribution in [2.45, 2.75) is 32.7 Å². The molecule has 0 atom stereocenters. The van der Waals surface area contributed by atoms with Crippen molar-refractivity contribution in [3.8, 4) is 10.6 Å². The van der Waals surface area contributed by atoms with Crippen LogP contribution in [0.25, 0.3) is 10.6 Å². The lowest BCUT2D eigenvalue weighted by Gasteiger charge is -2.18. The summed E-state index contributed by atoms with van der Waals surface area (Å²) in [4.78, 5) is 5.75. The summed E-state index contributed by atoms with van der Waals surface area (Å²) >= 11 is 1.75. The van der Waals surface area contributed by atoms with E-state index in [0.717, 1.165) is 11.6 Å². The Balaban J connectivity index is 2.23. The third kappa shape index (κ3) is 2.98. The Hall–Kier alpha value is -1.19. The molecule has 2 rings (SSSR count). The zero-order valence-corrected chi connectivity index (χ0v) is 12.3. The molecule has 2 aromatic rings. The van der Waals surface area contributed by atoms with Gasteiger partial charge in [-0.25, -0.2) is 4.98 Å². The SMILES string of the molecule is CNCc1cnc(-c2ccc(C(C)(C)C)cc2)s1. The largest absolute Gasteiger partial charge is 0.315 e. The number of thiazole rings is 1. The molecule has 1 aromatic carbocycles. The molecule has 18 heavy (non-hydrogen) atoms. The van der Waals surface area contributed by atoms with Gasteiger partial charge in [0.05, 0.1) is 0 Å². The number of hydrogen-bond acceptors (Lipinski definition) is 3. The van der Waals surface area contributed by atoms with Crippen molar-refractivity contribution >= 4 is 11.3 Å². The molecule has 0 spiro atoms. The quantitative estimate of drug-likeness (QED) is 0.907. The highest BCUT2D eigenvalue weighted by Gasteiger charge is 2.13. The van der Waals surface area contributed by atoms with E-state index in [2.05, 4.69) is 55.3 Å². The van der Waals surface area contributed by atoms with Crippen LogP contribution in [-0.4, -0.2) is 12.0 Å². The normalized spacial score (nSPS) is 11.8. The maximum absolute atomic E-state index is 4.48. The summed E-state index contributed by atoms with van der Waals surface area (Å²) in [5.74, 6) is 0. The highest BCUT2D eigenvalue weighted by molar-refractivity contribution is 7.15. The van der Waals surface area contributed by atoms with Crippen LogP contribution in [0.2, 0.25) is 0 Å². The number of hydrogen-bond donors (Lipinski definition) is 1. The average molecular weight is 260 g/mol. The van der Waals surface area contributed by atoms with Gasteiger partial charge in [0.15, 0.2) is 0 Å². The molecule has 0 fully saturated rings. The highest BCUT2D eigenvalue weighted by atomic mass is 32.1. The molecule has 0 radical (unpaired) electrons. The molecule has 0 aliphatic heterocycles. The summed E-state index contributed by atoms with van der Waals surface area (Å²) < 4.78 is 0. The smallest absolute Gasteiger partial charge is 0.123 e. The van der Waals surface area contributed by atoms with Gasteiger partial charge in [0.2, 0.25) is 0 Å². The van der Waals surface area contributed by atoms with Crippen LogP contribution in [0.1, 0.15) is 31.2 Å². The van der Waals surface area contributed by atoms with Gasteiger partial charge in [0.25, 0.3) is 0 Å². The maximum atomic E-state index is 4.48. The van der Waals surface area contributed by atoms with Gasteiger partial charge >= 0.3 is 0 Å². The van der Waals surface area contributed by atoms with E-state index in [1.54, 1.807) is 11.3 Å². The second kappa shape index (κ2) is 5.21. The van der Waals surface area contributed by atoms with Crippen LogP contribution in [0.5, 0.6) is 0 Å². The summed E-state index contributed by atoms with van der Waals surface area (Å²) in [5.41, 5.74) is 2.77.